The number of nitrogens with one attached hydrogen (secondary N) is 2. The molecule has 0 aromatic heterocycles. The first-order valence-electron chi connectivity index (χ1n) is 6.25. The predicted molar refractivity (Wildman–Crippen MR) is 74.1 cm³/mol. The standard InChI is InChI=1S/C14H22N2O3/c1-9(11-6-5-10(17)7-12(11)18)15-8-13(19)16-14(2,3)4/h5-7,9,15,17-18H,8H2,1-4H3,(H,16,19). The summed E-state index contributed by atoms with van der Waals surface area (Å²) in [6.07, 6.45) is 0. The molecule has 0 aliphatic heterocycles. The number of amides is 1. The summed E-state index contributed by atoms with van der Waals surface area (Å²) in [5.74, 6) is -0.0761. The highest BCUT2D eigenvalue weighted by Crippen LogP contribution is 2.27. The number of carbonyl (C=O) groups excluding carboxylic acids is 1. The van der Waals surface area contributed by atoms with Gasteiger partial charge < -0.3 is 20.8 Å². The summed E-state index contributed by atoms with van der Waals surface area (Å²) in [4.78, 5) is 11.7. The maximum absolute atomic E-state index is 11.7. The van der Waals surface area contributed by atoms with Crippen molar-refractivity contribution in [2.45, 2.75) is 39.3 Å². The normalized spacial score (nSPS) is 13.1. The molecule has 5 nitrogen and oxygen atoms in total. The molecule has 19 heavy (non-hydrogen) atoms. The van der Waals surface area contributed by atoms with E-state index in [4.69, 9.17) is 0 Å². The van der Waals surface area contributed by atoms with Crippen LogP contribution in [0.4, 0.5) is 0 Å². The van der Waals surface area contributed by atoms with Crippen molar-refractivity contribution in [3.05, 3.63) is 23.8 Å². The fourth-order valence-electron chi connectivity index (χ4n) is 1.72. The first-order valence-corrected chi connectivity index (χ1v) is 6.25. The second-order valence-corrected chi connectivity index (χ2v) is 5.64. The number of aromatic hydroxyl groups is 2. The Kier molecular flexibility index (Phi) is 4.78. The Labute approximate surface area is 113 Å². The van der Waals surface area contributed by atoms with Crippen LogP contribution in [0.1, 0.15) is 39.3 Å². The van der Waals surface area contributed by atoms with Crippen LogP contribution >= 0.6 is 0 Å². The van der Waals surface area contributed by atoms with Crippen LogP contribution in [0.2, 0.25) is 0 Å². The van der Waals surface area contributed by atoms with Gasteiger partial charge in [0.15, 0.2) is 0 Å². The van der Waals surface area contributed by atoms with E-state index in [1.807, 2.05) is 27.7 Å². The molecule has 1 aromatic rings. The van der Waals surface area contributed by atoms with Crippen LogP contribution in [0.25, 0.3) is 0 Å². The first kappa shape index (κ1) is 15.3. The Hall–Kier alpha value is -1.75. The number of rotatable bonds is 4. The highest BCUT2D eigenvalue weighted by molar-refractivity contribution is 5.78. The lowest BCUT2D eigenvalue weighted by molar-refractivity contribution is -0.121. The molecule has 1 atom stereocenters. The first-order chi connectivity index (χ1) is 8.69. The molecular weight excluding hydrogens is 244 g/mol. The Morgan fingerprint density at radius 1 is 1.32 bits per heavy atom. The Morgan fingerprint density at radius 2 is 1.95 bits per heavy atom. The van der Waals surface area contributed by atoms with Crippen LogP contribution < -0.4 is 10.6 Å². The van der Waals surface area contributed by atoms with Crippen LogP contribution in [-0.4, -0.2) is 28.2 Å². The van der Waals surface area contributed by atoms with Crippen molar-refractivity contribution >= 4 is 5.91 Å². The molecule has 0 aliphatic rings. The Bertz CT molecular complexity index is 452. The maximum atomic E-state index is 11.7. The molecule has 1 amide bonds. The largest absolute Gasteiger partial charge is 0.508 e. The predicted octanol–water partition coefficient (Wildman–Crippen LogP) is 1.66. The van der Waals surface area contributed by atoms with Gasteiger partial charge in [-0.2, -0.15) is 0 Å². The second kappa shape index (κ2) is 5.93. The van der Waals surface area contributed by atoms with Gasteiger partial charge in [0.2, 0.25) is 5.91 Å². The molecule has 0 fully saturated rings. The molecule has 1 rings (SSSR count). The van der Waals surface area contributed by atoms with Crippen LogP contribution in [0.3, 0.4) is 0 Å². The number of phenolic OH excluding ortho intramolecular Hbond substituents is 2. The fraction of sp³-hybridized carbons (Fsp3) is 0.500. The van der Waals surface area contributed by atoms with Gasteiger partial charge in [0.1, 0.15) is 11.5 Å². The number of hydrogen-bond acceptors (Lipinski definition) is 4. The lowest BCUT2D eigenvalue weighted by Crippen LogP contribution is -2.45. The van der Waals surface area contributed by atoms with E-state index >= 15 is 0 Å². The van der Waals surface area contributed by atoms with Gasteiger partial charge in [-0.3, -0.25) is 4.79 Å². The van der Waals surface area contributed by atoms with Gasteiger partial charge in [0.05, 0.1) is 6.54 Å². The number of hydrogen-bond donors (Lipinski definition) is 4. The van der Waals surface area contributed by atoms with Gasteiger partial charge in [-0.1, -0.05) is 6.07 Å². The van der Waals surface area contributed by atoms with Crippen molar-refractivity contribution in [3.63, 3.8) is 0 Å². The molecule has 0 radical (unpaired) electrons. The lowest BCUT2D eigenvalue weighted by atomic mass is 10.1. The smallest absolute Gasteiger partial charge is 0.234 e. The van der Waals surface area contributed by atoms with Gasteiger partial charge in [0, 0.05) is 23.2 Å². The number of carbonyl (C=O) groups is 1. The molecule has 0 aliphatic carbocycles. The Morgan fingerprint density at radius 3 is 2.47 bits per heavy atom. The SMILES string of the molecule is CC(NCC(=O)NC(C)(C)C)c1ccc(O)cc1O. The van der Waals surface area contributed by atoms with Crippen molar-refractivity contribution in [1.29, 1.82) is 0 Å². The second-order valence-electron chi connectivity index (χ2n) is 5.64. The average molecular weight is 266 g/mol. The summed E-state index contributed by atoms with van der Waals surface area (Å²) in [5.41, 5.74) is 0.379. The Balaban J connectivity index is 2.56. The van der Waals surface area contributed by atoms with Crippen LogP contribution in [0.15, 0.2) is 18.2 Å². The van der Waals surface area contributed by atoms with E-state index in [-0.39, 0.29) is 35.5 Å². The highest BCUT2D eigenvalue weighted by atomic mass is 16.3. The van der Waals surface area contributed by atoms with E-state index < -0.39 is 0 Å². The third kappa shape index (κ3) is 5.18. The van der Waals surface area contributed by atoms with E-state index in [9.17, 15) is 15.0 Å². The minimum atomic E-state index is -0.261. The van der Waals surface area contributed by atoms with Crippen molar-refractivity contribution < 1.29 is 15.0 Å². The molecule has 0 bridgehead atoms. The molecule has 106 valence electrons. The summed E-state index contributed by atoms with van der Waals surface area (Å²) < 4.78 is 0. The van der Waals surface area contributed by atoms with Gasteiger partial charge in [-0.15, -0.1) is 0 Å². The minimum Gasteiger partial charge on any atom is -0.508 e. The monoisotopic (exact) mass is 266 g/mol. The molecule has 0 saturated carbocycles. The maximum Gasteiger partial charge on any atom is 0.234 e. The molecule has 4 N–H and O–H groups in total. The molecule has 0 saturated heterocycles. The van der Waals surface area contributed by atoms with Gasteiger partial charge in [-0.05, 0) is 33.8 Å². The molecule has 0 heterocycles. The highest BCUT2D eigenvalue weighted by Gasteiger charge is 2.15. The molecular formula is C14H22N2O3. The van der Waals surface area contributed by atoms with Gasteiger partial charge in [0.25, 0.3) is 0 Å². The van der Waals surface area contributed by atoms with Crippen LogP contribution in [0, 0.1) is 0 Å². The molecule has 5 heteroatoms. The number of phenols is 2. The van der Waals surface area contributed by atoms with Crippen molar-refractivity contribution in [3.8, 4) is 11.5 Å². The van der Waals surface area contributed by atoms with Crippen molar-refractivity contribution in [2.24, 2.45) is 0 Å². The zero-order valence-corrected chi connectivity index (χ0v) is 11.8. The third-order valence-corrected chi connectivity index (χ3v) is 2.56. The van der Waals surface area contributed by atoms with E-state index in [1.54, 1.807) is 6.07 Å². The zero-order valence-electron chi connectivity index (χ0n) is 11.8. The summed E-state index contributed by atoms with van der Waals surface area (Å²) >= 11 is 0. The van der Waals surface area contributed by atoms with E-state index in [2.05, 4.69) is 10.6 Å². The summed E-state index contributed by atoms with van der Waals surface area (Å²) in [7, 11) is 0. The van der Waals surface area contributed by atoms with Crippen molar-refractivity contribution in [2.75, 3.05) is 6.54 Å². The van der Waals surface area contributed by atoms with Crippen molar-refractivity contribution in [1.82, 2.24) is 10.6 Å². The lowest BCUT2D eigenvalue weighted by Gasteiger charge is -2.22. The number of benzene rings is 1. The van der Waals surface area contributed by atoms with E-state index in [0.717, 1.165) is 0 Å². The van der Waals surface area contributed by atoms with Gasteiger partial charge in [-0.25, -0.2) is 0 Å². The zero-order chi connectivity index (χ0) is 14.6. The van der Waals surface area contributed by atoms with E-state index in [1.165, 1.54) is 12.1 Å². The quantitative estimate of drug-likeness (QED) is 0.668. The van der Waals surface area contributed by atoms with Crippen LogP contribution in [-0.2, 0) is 4.79 Å². The summed E-state index contributed by atoms with van der Waals surface area (Å²) in [6.45, 7) is 7.76. The molecule has 0 spiro atoms. The average Bonchev–Trinajstić information content (AvgIpc) is 2.23. The van der Waals surface area contributed by atoms with Crippen LogP contribution in [0.5, 0.6) is 11.5 Å². The summed E-state index contributed by atoms with van der Waals surface area (Å²) in [6, 6.07) is 4.22. The third-order valence-electron chi connectivity index (χ3n) is 2.56. The molecule has 1 unspecified atom stereocenters. The fourth-order valence-corrected chi connectivity index (χ4v) is 1.72. The van der Waals surface area contributed by atoms with Gasteiger partial charge >= 0.3 is 0 Å². The molecule has 1 aromatic carbocycles. The summed E-state index contributed by atoms with van der Waals surface area (Å²) in [5, 5.41) is 24.8. The minimum absolute atomic E-state index is 0.0104. The van der Waals surface area contributed by atoms with E-state index in [0.29, 0.717) is 5.56 Å². The topological polar surface area (TPSA) is 81.6 Å².